The minimum Gasteiger partial charge on any atom is -0.478 e. The second kappa shape index (κ2) is 5.55. The number of hydrogen-bond donors (Lipinski definition) is 1. The molecule has 1 saturated heterocycles. The van der Waals surface area contributed by atoms with E-state index >= 15 is 0 Å². The number of aromatic nitrogens is 1. The van der Waals surface area contributed by atoms with E-state index in [9.17, 15) is 9.59 Å². The van der Waals surface area contributed by atoms with Crippen LogP contribution in [0.25, 0.3) is 0 Å². The summed E-state index contributed by atoms with van der Waals surface area (Å²) in [5.41, 5.74) is 0.175. The van der Waals surface area contributed by atoms with Gasteiger partial charge in [0.05, 0.1) is 7.11 Å². The average molecular weight is 265 g/mol. The molecule has 1 aromatic heterocycles. The van der Waals surface area contributed by atoms with Crippen LogP contribution in [-0.2, 0) is 4.74 Å². The first-order valence-electron chi connectivity index (χ1n) is 5.89. The van der Waals surface area contributed by atoms with Gasteiger partial charge in [0, 0.05) is 32.4 Å². The highest BCUT2D eigenvalue weighted by molar-refractivity contribution is 5.93. The molecule has 0 saturated carbocycles. The zero-order valence-corrected chi connectivity index (χ0v) is 10.6. The number of amides is 1. The van der Waals surface area contributed by atoms with Crippen molar-refractivity contribution in [1.82, 2.24) is 9.88 Å². The normalized spacial score (nSPS) is 15.2. The van der Waals surface area contributed by atoms with Crippen LogP contribution < -0.4 is 4.90 Å². The van der Waals surface area contributed by atoms with Gasteiger partial charge in [0.2, 0.25) is 0 Å². The number of nitrogens with zero attached hydrogens (tertiary/aromatic N) is 3. The number of methoxy groups -OCH3 is 1. The largest absolute Gasteiger partial charge is 0.478 e. The van der Waals surface area contributed by atoms with Crippen LogP contribution in [-0.4, -0.2) is 60.3 Å². The van der Waals surface area contributed by atoms with Crippen molar-refractivity contribution in [1.29, 1.82) is 0 Å². The van der Waals surface area contributed by atoms with Gasteiger partial charge in [0.15, 0.2) is 0 Å². The van der Waals surface area contributed by atoms with Crippen molar-refractivity contribution in [2.24, 2.45) is 0 Å². The Balaban J connectivity index is 2.10. The first-order chi connectivity index (χ1) is 9.13. The summed E-state index contributed by atoms with van der Waals surface area (Å²) in [5, 5.41) is 9.12. The molecule has 1 aromatic rings. The molecule has 0 unspecified atom stereocenters. The Morgan fingerprint density at radius 3 is 2.58 bits per heavy atom. The third-order valence-corrected chi connectivity index (χ3v) is 3.03. The van der Waals surface area contributed by atoms with Crippen molar-refractivity contribution >= 4 is 17.9 Å². The highest BCUT2D eigenvalue weighted by atomic mass is 16.5. The van der Waals surface area contributed by atoms with Gasteiger partial charge in [-0.3, -0.25) is 0 Å². The Kier molecular flexibility index (Phi) is 3.84. The zero-order valence-electron chi connectivity index (χ0n) is 10.6. The summed E-state index contributed by atoms with van der Waals surface area (Å²) in [7, 11) is 1.34. The lowest BCUT2D eigenvalue weighted by atomic mass is 10.2. The second-order valence-electron chi connectivity index (χ2n) is 4.12. The summed E-state index contributed by atoms with van der Waals surface area (Å²) >= 11 is 0. The zero-order chi connectivity index (χ0) is 13.8. The summed E-state index contributed by atoms with van der Waals surface area (Å²) in [6, 6.07) is 3.12. The van der Waals surface area contributed by atoms with E-state index in [0.717, 1.165) is 0 Å². The van der Waals surface area contributed by atoms with Crippen LogP contribution in [0.2, 0.25) is 0 Å². The van der Waals surface area contributed by atoms with E-state index in [-0.39, 0.29) is 11.7 Å². The molecule has 0 aromatic carbocycles. The highest BCUT2D eigenvalue weighted by Crippen LogP contribution is 2.19. The van der Waals surface area contributed by atoms with Gasteiger partial charge in [-0.15, -0.1) is 0 Å². The Morgan fingerprint density at radius 2 is 2.00 bits per heavy atom. The number of carboxylic acid groups (broad SMARTS) is 1. The van der Waals surface area contributed by atoms with Gasteiger partial charge >= 0.3 is 12.1 Å². The lowest BCUT2D eigenvalue weighted by molar-refractivity contribution is 0.0696. The summed E-state index contributed by atoms with van der Waals surface area (Å²) < 4.78 is 4.65. The fourth-order valence-electron chi connectivity index (χ4n) is 2.05. The molecule has 1 amide bonds. The topological polar surface area (TPSA) is 83.0 Å². The number of pyridine rings is 1. The van der Waals surface area contributed by atoms with Crippen LogP contribution in [0.5, 0.6) is 0 Å². The summed E-state index contributed by atoms with van der Waals surface area (Å²) in [4.78, 5) is 30.1. The summed E-state index contributed by atoms with van der Waals surface area (Å²) in [5.74, 6) is -0.557. The maximum absolute atomic E-state index is 11.4. The monoisotopic (exact) mass is 265 g/mol. The first-order valence-corrected chi connectivity index (χ1v) is 5.89. The molecule has 1 aliphatic heterocycles. The SMILES string of the molecule is COC(=O)N1CCN(c2ncccc2C(=O)O)CC1. The fraction of sp³-hybridized carbons (Fsp3) is 0.417. The van der Waals surface area contributed by atoms with Crippen LogP contribution in [0.15, 0.2) is 18.3 Å². The lowest BCUT2D eigenvalue weighted by Crippen LogP contribution is -2.49. The third-order valence-electron chi connectivity index (χ3n) is 3.03. The average Bonchev–Trinajstić information content (AvgIpc) is 2.46. The molecule has 0 radical (unpaired) electrons. The molecule has 0 atom stereocenters. The highest BCUT2D eigenvalue weighted by Gasteiger charge is 2.24. The van der Waals surface area contributed by atoms with E-state index in [2.05, 4.69) is 9.72 Å². The first kappa shape index (κ1) is 13.1. The van der Waals surface area contributed by atoms with Gasteiger partial charge in [-0.2, -0.15) is 0 Å². The van der Waals surface area contributed by atoms with Crippen molar-refractivity contribution in [3.8, 4) is 0 Å². The Morgan fingerprint density at radius 1 is 1.32 bits per heavy atom. The Hall–Kier alpha value is -2.31. The van der Waals surface area contributed by atoms with Crippen LogP contribution in [0.3, 0.4) is 0 Å². The lowest BCUT2D eigenvalue weighted by Gasteiger charge is -2.34. The number of carbonyl (C=O) groups excluding carboxylic acids is 1. The van der Waals surface area contributed by atoms with E-state index in [1.54, 1.807) is 17.2 Å². The molecule has 0 aliphatic carbocycles. The van der Waals surface area contributed by atoms with Crippen molar-refractivity contribution in [2.75, 3.05) is 38.2 Å². The number of piperazine rings is 1. The van der Waals surface area contributed by atoms with Gasteiger partial charge < -0.3 is 19.6 Å². The molecule has 7 nitrogen and oxygen atoms in total. The molecule has 2 rings (SSSR count). The van der Waals surface area contributed by atoms with Crippen molar-refractivity contribution < 1.29 is 19.4 Å². The van der Waals surface area contributed by atoms with Crippen LogP contribution in [0.1, 0.15) is 10.4 Å². The number of hydrogen-bond acceptors (Lipinski definition) is 5. The predicted molar refractivity (Wildman–Crippen MR) is 67.4 cm³/mol. The minimum absolute atomic E-state index is 0.175. The van der Waals surface area contributed by atoms with Crippen LogP contribution in [0.4, 0.5) is 10.6 Å². The van der Waals surface area contributed by atoms with Crippen molar-refractivity contribution in [3.05, 3.63) is 23.9 Å². The molecule has 1 N–H and O–H groups in total. The fourth-order valence-corrected chi connectivity index (χ4v) is 2.05. The number of rotatable bonds is 2. The van der Waals surface area contributed by atoms with E-state index in [0.29, 0.717) is 32.0 Å². The summed E-state index contributed by atoms with van der Waals surface area (Å²) in [6.45, 7) is 2.05. The molecule has 2 heterocycles. The number of anilines is 1. The van der Waals surface area contributed by atoms with E-state index in [1.807, 2.05) is 4.90 Å². The van der Waals surface area contributed by atoms with Crippen LogP contribution in [0, 0.1) is 0 Å². The number of ether oxygens (including phenoxy) is 1. The predicted octanol–water partition coefficient (Wildman–Crippen LogP) is 0.668. The quantitative estimate of drug-likeness (QED) is 0.846. The molecule has 19 heavy (non-hydrogen) atoms. The number of carboxylic acids is 1. The Labute approximate surface area is 110 Å². The van der Waals surface area contributed by atoms with Crippen molar-refractivity contribution in [2.45, 2.75) is 0 Å². The van der Waals surface area contributed by atoms with Gasteiger partial charge in [0.25, 0.3) is 0 Å². The second-order valence-corrected chi connectivity index (χ2v) is 4.12. The molecule has 1 fully saturated rings. The third kappa shape index (κ3) is 2.75. The molecular weight excluding hydrogens is 250 g/mol. The number of aromatic carboxylic acids is 1. The van der Waals surface area contributed by atoms with Crippen molar-refractivity contribution in [3.63, 3.8) is 0 Å². The van der Waals surface area contributed by atoms with Gasteiger partial charge in [0.1, 0.15) is 11.4 Å². The molecule has 0 bridgehead atoms. The van der Waals surface area contributed by atoms with Crippen LogP contribution >= 0.6 is 0 Å². The van der Waals surface area contributed by atoms with E-state index in [1.165, 1.54) is 13.2 Å². The van der Waals surface area contributed by atoms with E-state index < -0.39 is 5.97 Å². The molecule has 0 spiro atoms. The molecule has 1 aliphatic rings. The van der Waals surface area contributed by atoms with E-state index in [4.69, 9.17) is 5.11 Å². The standard InChI is InChI=1S/C12H15N3O4/c1-19-12(18)15-7-5-14(6-8-15)10-9(11(16)17)3-2-4-13-10/h2-4H,5-8H2,1H3,(H,16,17). The van der Waals surface area contributed by atoms with Gasteiger partial charge in [-0.1, -0.05) is 0 Å². The Bertz CT molecular complexity index is 484. The number of carbonyl (C=O) groups is 2. The maximum Gasteiger partial charge on any atom is 0.409 e. The smallest absolute Gasteiger partial charge is 0.409 e. The molecular formula is C12H15N3O4. The van der Waals surface area contributed by atoms with Gasteiger partial charge in [-0.25, -0.2) is 14.6 Å². The molecule has 102 valence electrons. The minimum atomic E-state index is -1.00. The van der Waals surface area contributed by atoms with Gasteiger partial charge in [-0.05, 0) is 12.1 Å². The molecule has 7 heteroatoms. The summed E-state index contributed by atoms with van der Waals surface area (Å²) in [6.07, 6.45) is 1.20. The maximum atomic E-state index is 11.4.